The molecular weight excluding hydrogens is 451 g/mol. The summed E-state index contributed by atoms with van der Waals surface area (Å²) in [5, 5.41) is 11.2. The highest BCUT2D eigenvalue weighted by Gasteiger charge is 2.31. The summed E-state index contributed by atoms with van der Waals surface area (Å²) >= 11 is 0. The largest absolute Gasteiger partial charge is 0.573 e. The summed E-state index contributed by atoms with van der Waals surface area (Å²) in [7, 11) is 0. The number of anilines is 1. The molecule has 1 fully saturated rings. The molecule has 2 aromatic heterocycles. The lowest BCUT2D eigenvalue weighted by Gasteiger charge is -2.23. The van der Waals surface area contributed by atoms with Crippen LogP contribution in [0.5, 0.6) is 5.75 Å². The van der Waals surface area contributed by atoms with Crippen LogP contribution >= 0.6 is 0 Å². The Balaban J connectivity index is 1.54. The summed E-state index contributed by atoms with van der Waals surface area (Å²) in [5.41, 5.74) is 1.88. The zero-order valence-corrected chi connectivity index (χ0v) is 17.8. The number of nitrogens with one attached hydrogen (secondary N) is 3. The third kappa shape index (κ3) is 4.34. The number of fused-ring (bicyclic) bond motifs is 3. The summed E-state index contributed by atoms with van der Waals surface area (Å²) in [4.78, 5) is 28.2. The maximum absolute atomic E-state index is 12.9. The van der Waals surface area contributed by atoms with Gasteiger partial charge in [0.2, 0.25) is 0 Å². The Bertz CT molecular complexity index is 1440. The molecule has 0 spiro atoms. The molecular formula is C23H20F3N5O3. The van der Waals surface area contributed by atoms with Gasteiger partial charge in [0.1, 0.15) is 11.4 Å². The van der Waals surface area contributed by atoms with Gasteiger partial charge < -0.3 is 20.4 Å². The number of piperidine rings is 1. The maximum atomic E-state index is 12.9. The zero-order valence-electron chi connectivity index (χ0n) is 17.8. The van der Waals surface area contributed by atoms with Gasteiger partial charge in [-0.2, -0.15) is 5.10 Å². The van der Waals surface area contributed by atoms with Gasteiger partial charge >= 0.3 is 6.36 Å². The number of rotatable bonds is 4. The molecule has 0 unspecified atom stereocenters. The first kappa shape index (κ1) is 22.0. The molecule has 0 saturated carbocycles. The van der Waals surface area contributed by atoms with Crippen LogP contribution in [0.15, 0.2) is 53.3 Å². The fourth-order valence-electron chi connectivity index (χ4n) is 4.33. The second-order valence-electron chi connectivity index (χ2n) is 8.07. The lowest BCUT2D eigenvalue weighted by atomic mass is 9.94. The van der Waals surface area contributed by atoms with E-state index in [1.165, 1.54) is 12.1 Å². The Morgan fingerprint density at radius 1 is 1.12 bits per heavy atom. The summed E-state index contributed by atoms with van der Waals surface area (Å²) in [6.07, 6.45) is -3.13. The average molecular weight is 471 g/mol. The van der Waals surface area contributed by atoms with E-state index in [4.69, 9.17) is 0 Å². The monoisotopic (exact) mass is 471 g/mol. The first-order valence-electron chi connectivity index (χ1n) is 10.7. The van der Waals surface area contributed by atoms with Crippen LogP contribution in [0.1, 0.15) is 34.8 Å². The van der Waals surface area contributed by atoms with Gasteiger partial charge in [0.05, 0.1) is 22.3 Å². The van der Waals surface area contributed by atoms with E-state index in [2.05, 4.69) is 25.5 Å². The molecule has 0 aliphatic carbocycles. The van der Waals surface area contributed by atoms with Gasteiger partial charge in [-0.05, 0) is 56.3 Å². The van der Waals surface area contributed by atoms with Gasteiger partial charge in [-0.15, -0.1) is 13.2 Å². The van der Waals surface area contributed by atoms with Crippen molar-refractivity contribution < 1.29 is 22.7 Å². The Morgan fingerprint density at radius 2 is 1.88 bits per heavy atom. The molecule has 8 nitrogen and oxygen atoms in total. The highest BCUT2D eigenvalue weighted by atomic mass is 19.4. The highest BCUT2D eigenvalue weighted by Crippen LogP contribution is 2.31. The number of amides is 1. The number of aromatic amines is 1. The van der Waals surface area contributed by atoms with Crippen LogP contribution in [0.4, 0.5) is 18.9 Å². The van der Waals surface area contributed by atoms with Crippen molar-refractivity contribution in [3.05, 3.63) is 70.1 Å². The van der Waals surface area contributed by atoms with Gasteiger partial charge in [-0.3, -0.25) is 9.59 Å². The Hall–Kier alpha value is -3.86. The van der Waals surface area contributed by atoms with Crippen molar-refractivity contribution in [3.63, 3.8) is 0 Å². The second kappa shape index (κ2) is 8.49. The van der Waals surface area contributed by atoms with Gasteiger partial charge in [0.25, 0.3) is 11.5 Å². The SMILES string of the molecule is O=C(Nc1cccc2nn3c(C4CCNCC4)cc(=O)[nH]c3c12)c1cccc(OC(F)(F)F)c1. The van der Waals surface area contributed by atoms with Crippen molar-refractivity contribution in [1.29, 1.82) is 0 Å². The molecule has 176 valence electrons. The number of H-pyrrole nitrogens is 1. The molecule has 11 heteroatoms. The minimum atomic E-state index is -4.87. The number of alkyl halides is 3. The van der Waals surface area contributed by atoms with Crippen LogP contribution < -0.4 is 20.9 Å². The molecule has 0 atom stereocenters. The fourth-order valence-corrected chi connectivity index (χ4v) is 4.33. The van der Waals surface area contributed by atoms with E-state index in [1.807, 2.05) is 0 Å². The van der Waals surface area contributed by atoms with Crippen molar-refractivity contribution in [2.45, 2.75) is 25.1 Å². The predicted octanol–water partition coefficient (Wildman–Crippen LogP) is 3.79. The number of benzene rings is 2. The minimum Gasteiger partial charge on any atom is -0.406 e. The van der Waals surface area contributed by atoms with Gasteiger partial charge in [-0.1, -0.05) is 12.1 Å². The van der Waals surface area contributed by atoms with Crippen molar-refractivity contribution in [2.75, 3.05) is 18.4 Å². The van der Waals surface area contributed by atoms with Crippen LogP contribution in [0, 0.1) is 0 Å². The Morgan fingerprint density at radius 3 is 2.65 bits per heavy atom. The quantitative estimate of drug-likeness (QED) is 0.421. The molecule has 2 aromatic carbocycles. The van der Waals surface area contributed by atoms with Crippen LogP contribution in [0.3, 0.4) is 0 Å². The number of hydrogen-bond acceptors (Lipinski definition) is 5. The molecule has 4 aromatic rings. The molecule has 3 heterocycles. The van der Waals surface area contributed by atoms with Crippen LogP contribution in [0.25, 0.3) is 16.6 Å². The second-order valence-corrected chi connectivity index (χ2v) is 8.07. The third-order valence-electron chi connectivity index (χ3n) is 5.80. The van der Waals surface area contributed by atoms with Gasteiger partial charge in [0, 0.05) is 17.5 Å². The van der Waals surface area contributed by atoms with E-state index in [9.17, 15) is 22.8 Å². The molecule has 0 bridgehead atoms. The van der Waals surface area contributed by atoms with E-state index in [-0.39, 0.29) is 17.0 Å². The first-order valence-corrected chi connectivity index (χ1v) is 10.7. The number of aromatic nitrogens is 3. The number of nitrogens with zero attached hydrogens (tertiary/aromatic N) is 2. The number of carbonyl (C=O) groups is 1. The molecule has 1 aliphatic rings. The van der Waals surface area contributed by atoms with E-state index in [0.29, 0.717) is 22.2 Å². The van der Waals surface area contributed by atoms with E-state index in [0.717, 1.165) is 43.8 Å². The van der Waals surface area contributed by atoms with Crippen LogP contribution in [0.2, 0.25) is 0 Å². The summed E-state index contributed by atoms with van der Waals surface area (Å²) in [6.45, 7) is 1.69. The summed E-state index contributed by atoms with van der Waals surface area (Å²) < 4.78 is 43.2. The van der Waals surface area contributed by atoms with Crippen molar-refractivity contribution in [2.24, 2.45) is 0 Å². The van der Waals surface area contributed by atoms with E-state index < -0.39 is 18.0 Å². The molecule has 34 heavy (non-hydrogen) atoms. The molecule has 1 aliphatic heterocycles. The molecule has 5 rings (SSSR count). The maximum Gasteiger partial charge on any atom is 0.573 e. The standard InChI is InChI=1S/C23H20F3N5O3/c24-23(25,26)34-15-4-1-3-14(11-15)22(33)28-16-5-2-6-17-20(16)21-29-19(32)12-18(31(21)30-17)13-7-9-27-10-8-13/h1-6,11-13,27H,7-10H2,(H,28,33)(H,29,32). The van der Waals surface area contributed by atoms with E-state index in [1.54, 1.807) is 28.8 Å². The number of ether oxygens (including phenoxy) is 1. The average Bonchev–Trinajstić information content (AvgIpc) is 3.17. The van der Waals surface area contributed by atoms with Crippen molar-refractivity contribution in [3.8, 4) is 5.75 Å². The number of hydrogen-bond donors (Lipinski definition) is 3. The Kier molecular flexibility index (Phi) is 5.48. The summed E-state index contributed by atoms with van der Waals surface area (Å²) in [6, 6.07) is 11.5. The van der Waals surface area contributed by atoms with Gasteiger partial charge in [0.15, 0.2) is 0 Å². The number of halogens is 3. The smallest absolute Gasteiger partial charge is 0.406 e. The van der Waals surface area contributed by atoms with Crippen LogP contribution in [-0.2, 0) is 0 Å². The summed E-state index contributed by atoms with van der Waals surface area (Å²) in [5.74, 6) is -0.962. The van der Waals surface area contributed by atoms with Gasteiger partial charge in [-0.25, -0.2) is 4.52 Å². The number of carbonyl (C=O) groups excluding carboxylic acids is 1. The van der Waals surface area contributed by atoms with E-state index >= 15 is 0 Å². The highest BCUT2D eigenvalue weighted by molar-refractivity contribution is 6.12. The Labute approximate surface area is 190 Å². The molecule has 1 saturated heterocycles. The molecule has 0 radical (unpaired) electrons. The first-order chi connectivity index (χ1) is 16.3. The minimum absolute atomic E-state index is 0.0147. The zero-order chi connectivity index (χ0) is 23.9. The lowest BCUT2D eigenvalue weighted by molar-refractivity contribution is -0.274. The predicted molar refractivity (Wildman–Crippen MR) is 119 cm³/mol. The lowest BCUT2D eigenvalue weighted by Crippen LogP contribution is -2.28. The van der Waals surface area contributed by atoms with Crippen LogP contribution in [-0.4, -0.2) is 40.0 Å². The van der Waals surface area contributed by atoms with Crippen molar-refractivity contribution in [1.82, 2.24) is 19.9 Å². The van der Waals surface area contributed by atoms with Crippen molar-refractivity contribution >= 4 is 28.1 Å². The third-order valence-corrected chi connectivity index (χ3v) is 5.80. The molecule has 3 N–H and O–H groups in total. The normalized spacial score (nSPS) is 15.0. The topological polar surface area (TPSA) is 101 Å². The molecule has 1 amide bonds. The fraction of sp³-hybridized carbons (Fsp3) is 0.261.